The first-order valence-corrected chi connectivity index (χ1v) is 19.8. The highest BCUT2D eigenvalue weighted by Gasteiger charge is 2.47. The van der Waals surface area contributed by atoms with Crippen molar-refractivity contribution in [3.63, 3.8) is 0 Å². The molecule has 0 saturated carbocycles. The third kappa shape index (κ3) is 5.18. The summed E-state index contributed by atoms with van der Waals surface area (Å²) in [6, 6.07) is 67.2. The highest BCUT2D eigenvalue weighted by molar-refractivity contribution is 7.99. The Bertz CT molecular complexity index is 2990. The Morgan fingerprint density at radius 2 is 0.893 bits per heavy atom. The van der Waals surface area contributed by atoms with Crippen LogP contribution in [-0.2, 0) is 5.41 Å². The van der Waals surface area contributed by atoms with Crippen LogP contribution in [0.2, 0.25) is 0 Å². The summed E-state index contributed by atoms with van der Waals surface area (Å²) in [5.41, 5.74) is 11.9. The maximum Gasteiger partial charge on any atom is 0.164 e. The molecule has 1 aliphatic heterocycles. The molecule has 8 aromatic carbocycles. The van der Waals surface area contributed by atoms with Gasteiger partial charge < -0.3 is 0 Å². The van der Waals surface area contributed by atoms with Crippen molar-refractivity contribution in [1.82, 2.24) is 15.0 Å². The van der Waals surface area contributed by atoms with Gasteiger partial charge in [0.2, 0.25) is 0 Å². The third-order valence-corrected chi connectivity index (χ3v) is 12.4. The minimum atomic E-state index is -0.613. The minimum Gasteiger partial charge on any atom is -0.208 e. The molecule has 1 unspecified atom stereocenters. The van der Waals surface area contributed by atoms with Crippen LogP contribution < -0.4 is 0 Å². The second-order valence-corrected chi connectivity index (χ2v) is 15.4. The minimum absolute atomic E-state index is 0.613. The quantitative estimate of drug-likeness (QED) is 0.181. The summed E-state index contributed by atoms with van der Waals surface area (Å²) in [5.74, 6) is 1.92. The second kappa shape index (κ2) is 13.2. The molecule has 262 valence electrons. The summed E-state index contributed by atoms with van der Waals surface area (Å²) in [5, 5.41) is 2.51. The Morgan fingerprint density at radius 3 is 1.66 bits per heavy atom. The van der Waals surface area contributed by atoms with Gasteiger partial charge in [0.15, 0.2) is 17.5 Å². The van der Waals surface area contributed by atoms with E-state index in [-0.39, 0.29) is 0 Å². The van der Waals surface area contributed by atoms with E-state index >= 15 is 0 Å². The fourth-order valence-corrected chi connectivity index (χ4v) is 9.94. The SMILES string of the molecule is C1=Cc2ccc(-c3nc(-c4ccccc4)nc(-c4ccc(-c5ccccc5)cc4)n3)cc2C2(c3ccccc31)c1ccccc1Sc1c2ccc2ccccc12. The molecule has 2 heterocycles. The van der Waals surface area contributed by atoms with Crippen LogP contribution in [0, 0.1) is 0 Å². The van der Waals surface area contributed by atoms with Crippen molar-refractivity contribution in [2.45, 2.75) is 15.2 Å². The normalized spacial score (nSPS) is 15.1. The Morgan fingerprint density at radius 1 is 0.357 bits per heavy atom. The van der Waals surface area contributed by atoms with Crippen molar-refractivity contribution < 1.29 is 0 Å². The van der Waals surface area contributed by atoms with Gasteiger partial charge in [0, 0.05) is 26.5 Å². The molecule has 1 aromatic heterocycles. The van der Waals surface area contributed by atoms with Crippen molar-refractivity contribution in [3.05, 3.63) is 221 Å². The van der Waals surface area contributed by atoms with Crippen molar-refractivity contribution in [1.29, 1.82) is 0 Å². The maximum absolute atomic E-state index is 5.24. The number of fused-ring (bicyclic) bond motifs is 10. The van der Waals surface area contributed by atoms with Gasteiger partial charge in [-0.1, -0.05) is 200 Å². The summed E-state index contributed by atoms with van der Waals surface area (Å²) in [4.78, 5) is 18.1. The van der Waals surface area contributed by atoms with Gasteiger partial charge in [-0.15, -0.1) is 0 Å². The van der Waals surface area contributed by atoms with Gasteiger partial charge in [-0.2, -0.15) is 0 Å². The van der Waals surface area contributed by atoms with Crippen molar-refractivity contribution in [2.75, 3.05) is 0 Å². The van der Waals surface area contributed by atoms with E-state index in [9.17, 15) is 0 Å². The lowest BCUT2D eigenvalue weighted by Gasteiger charge is -2.43. The van der Waals surface area contributed by atoms with E-state index in [0.29, 0.717) is 17.5 Å². The van der Waals surface area contributed by atoms with Crippen LogP contribution in [0.15, 0.2) is 198 Å². The highest BCUT2D eigenvalue weighted by atomic mass is 32.2. The van der Waals surface area contributed by atoms with Crippen molar-refractivity contribution >= 4 is 34.7 Å². The molecule has 1 aliphatic carbocycles. The first kappa shape index (κ1) is 32.5. The zero-order chi connectivity index (χ0) is 37.1. The molecule has 3 nitrogen and oxygen atoms in total. The topological polar surface area (TPSA) is 38.7 Å². The van der Waals surface area contributed by atoms with E-state index in [1.165, 1.54) is 59.5 Å². The molecule has 0 fully saturated rings. The van der Waals surface area contributed by atoms with Crippen molar-refractivity contribution in [2.24, 2.45) is 0 Å². The Labute approximate surface area is 330 Å². The molecule has 0 radical (unpaired) electrons. The Kier molecular flexibility index (Phi) is 7.64. The van der Waals surface area contributed by atoms with Crippen LogP contribution in [0.5, 0.6) is 0 Å². The lowest BCUT2D eigenvalue weighted by molar-refractivity contribution is 0.704. The molecule has 0 amide bonds. The third-order valence-electron chi connectivity index (χ3n) is 11.2. The molecule has 2 aliphatic rings. The average Bonchev–Trinajstić information content (AvgIpc) is 3.42. The van der Waals surface area contributed by atoms with Gasteiger partial charge in [0.05, 0.1) is 5.41 Å². The molecule has 56 heavy (non-hydrogen) atoms. The predicted octanol–water partition coefficient (Wildman–Crippen LogP) is 13.0. The van der Waals surface area contributed by atoms with Crippen LogP contribution >= 0.6 is 11.8 Å². The molecular formula is C52H33N3S. The summed E-state index contributed by atoms with van der Waals surface area (Å²) in [6.45, 7) is 0. The Balaban J connectivity index is 1.17. The zero-order valence-corrected chi connectivity index (χ0v) is 31.1. The van der Waals surface area contributed by atoms with Crippen LogP contribution in [0.4, 0.5) is 0 Å². The predicted molar refractivity (Wildman–Crippen MR) is 230 cm³/mol. The summed E-state index contributed by atoms with van der Waals surface area (Å²) in [6.07, 6.45) is 4.56. The lowest BCUT2D eigenvalue weighted by Crippen LogP contribution is -2.35. The fraction of sp³-hybridized carbons (Fsp3) is 0.0192. The van der Waals surface area contributed by atoms with E-state index in [2.05, 4.69) is 176 Å². The molecular weight excluding hydrogens is 699 g/mol. The van der Waals surface area contributed by atoms with Crippen molar-refractivity contribution in [3.8, 4) is 45.3 Å². The summed E-state index contributed by atoms with van der Waals surface area (Å²) in [7, 11) is 0. The largest absolute Gasteiger partial charge is 0.208 e. The first-order valence-electron chi connectivity index (χ1n) is 18.9. The van der Waals surface area contributed by atoms with Gasteiger partial charge in [-0.3, -0.25) is 0 Å². The molecule has 0 saturated heterocycles. The molecule has 4 heteroatoms. The number of aromatic nitrogens is 3. The number of hydrogen-bond donors (Lipinski definition) is 0. The van der Waals surface area contributed by atoms with Gasteiger partial charge >= 0.3 is 0 Å². The van der Waals surface area contributed by atoms with E-state index < -0.39 is 5.41 Å². The van der Waals surface area contributed by atoms with Crippen LogP contribution in [0.1, 0.15) is 33.4 Å². The average molecular weight is 732 g/mol. The van der Waals surface area contributed by atoms with E-state index in [4.69, 9.17) is 15.0 Å². The van der Waals surface area contributed by atoms with Gasteiger partial charge in [-0.05, 0) is 67.4 Å². The van der Waals surface area contributed by atoms with E-state index in [1.807, 2.05) is 36.0 Å². The van der Waals surface area contributed by atoms with E-state index in [1.54, 1.807) is 0 Å². The molecule has 9 aromatic rings. The molecule has 0 bridgehead atoms. The van der Waals surface area contributed by atoms with Gasteiger partial charge in [0.25, 0.3) is 0 Å². The standard InChI is InChI=1S/C52H33N3S/c1-3-13-34(14-4-1)35-23-28-40(29-24-35)50-53-49(39-17-5-2-6-18-39)54-51(55-50)41-30-27-38-26-25-37-16-8-10-20-43(37)52(46(38)33-41)44-21-11-12-22-47(44)56-48-42-19-9-7-15-36(42)31-32-45(48)52/h1-33H. The van der Waals surface area contributed by atoms with Crippen LogP contribution in [0.3, 0.4) is 0 Å². The van der Waals surface area contributed by atoms with Crippen LogP contribution in [-0.4, -0.2) is 15.0 Å². The molecule has 1 spiro atoms. The number of rotatable bonds is 4. The summed E-state index contributed by atoms with van der Waals surface area (Å²) < 4.78 is 0. The highest BCUT2D eigenvalue weighted by Crippen LogP contribution is 2.59. The number of hydrogen-bond acceptors (Lipinski definition) is 4. The molecule has 1 atom stereocenters. The number of benzene rings is 8. The van der Waals surface area contributed by atoms with Gasteiger partial charge in [-0.25, -0.2) is 15.0 Å². The summed E-state index contributed by atoms with van der Waals surface area (Å²) >= 11 is 1.88. The van der Waals surface area contributed by atoms with Crippen LogP contribution in [0.25, 0.3) is 68.2 Å². The molecule has 11 rings (SSSR count). The number of nitrogens with zero attached hydrogens (tertiary/aromatic N) is 3. The van der Waals surface area contributed by atoms with E-state index in [0.717, 1.165) is 22.3 Å². The smallest absolute Gasteiger partial charge is 0.164 e. The fourth-order valence-electron chi connectivity index (χ4n) is 8.62. The first-order chi connectivity index (χ1) is 27.7. The maximum atomic E-state index is 5.24. The Hall–Kier alpha value is -6.88. The molecule has 0 N–H and O–H groups in total. The monoisotopic (exact) mass is 731 g/mol. The van der Waals surface area contributed by atoms with Gasteiger partial charge in [0.1, 0.15) is 0 Å². The second-order valence-electron chi connectivity index (χ2n) is 14.3. The lowest BCUT2D eigenvalue weighted by atomic mass is 9.63. The zero-order valence-electron chi connectivity index (χ0n) is 30.3.